The fourth-order valence-electron chi connectivity index (χ4n) is 5.88. The molecule has 53 heavy (non-hydrogen) atoms. The average molecular weight is 785 g/mol. The first-order chi connectivity index (χ1) is 24.9. The molecular formula is C37H57ClN4O10S. The molecule has 2 aliphatic rings. The Morgan fingerprint density at radius 1 is 1.28 bits per heavy atom. The number of nitrogens with zero attached hydrogens (tertiary/aromatic N) is 1. The molecule has 1 aromatic rings. The topological polar surface area (TPSA) is 191 Å². The quantitative estimate of drug-likeness (QED) is 0.102. The van der Waals surface area contributed by atoms with E-state index in [0.29, 0.717) is 17.2 Å². The van der Waals surface area contributed by atoms with Gasteiger partial charge in [-0.3, -0.25) is 14.9 Å². The first-order valence-corrected chi connectivity index (χ1v) is 19.2. The molecule has 2 heterocycles. The Labute approximate surface area is 322 Å². The van der Waals surface area contributed by atoms with Gasteiger partial charge in [0.1, 0.15) is 35.7 Å². The van der Waals surface area contributed by atoms with Crippen LogP contribution in [0.5, 0.6) is 5.75 Å². The number of cyclic esters (lactones) is 1. The van der Waals surface area contributed by atoms with Gasteiger partial charge in [-0.25, -0.2) is 9.59 Å². The second-order valence-electron chi connectivity index (χ2n) is 13.2. The summed E-state index contributed by atoms with van der Waals surface area (Å²) >= 11 is 7.99. The highest BCUT2D eigenvalue weighted by molar-refractivity contribution is 7.98. The van der Waals surface area contributed by atoms with Crippen LogP contribution in [0.1, 0.15) is 53.0 Å². The van der Waals surface area contributed by atoms with Crippen LogP contribution in [0, 0.1) is 5.92 Å². The van der Waals surface area contributed by atoms with Gasteiger partial charge in [-0.2, -0.15) is 11.8 Å². The van der Waals surface area contributed by atoms with Gasteiger partial charge in [-0.1, -0.05) is 55.3 Å². The number of amides is 3. The van der Waals surface area contributed by atoms with Crippen LogP contribution >= 0.6 is 23.4 Å². The van der Waals surface area contributed by atoms with E-state index < -0.39 is 71.6 Å². The molecule has 16 heteroatoms. The summed E-state index contributed by atoms with van der Waals surface area (Å²) in [7, 11) is 5.86. The third-order valence-corrected chi connectivity index (χ3v) is 10.3. The number of carbonyl (C=O) groups excluding carboxylic acids is 4. The lowest BCUT2D eigenvalue weighted by atomic mass is 9.83. The van der Waals surface area contributed by atoms with Crippen LogP contribution in [0.25, 0.3) is 0 Å². The number of hydrogen-bond donors (Lipinski definition) is 4. The number of thioether (sulfide) groups is 1. The van der Waals surface area contributed by atoms with Crippen molar-refractivity contribution < 1.29 is 48.0 Å². The molecule has 0 spiro atoms. The summed E-state index contributed by atoms with van der Waals surface area (Å²) in [5.41, 5.74) is 4.48. The van der Waals surface area contributed by atoms with Crippen molar-refractivity contribution in [2.75, 3.05) is 46.9 Å². The lowest BCUT2D eigenvalue weighted by Crippen LogP contribution is -2.63. The molecule has 8 atom stereocenters. The Morgan fingerprint density at radius 2 is 1.94 bits per heavy atom. The molecule has 1 aromatic carbocycles. The highest BCUT2D eigenvalue weighted by atomic mass is 35.5. The predicted molar refractivity (Wildman–Crippen MR) is 205 cm³/mol. The van der Waals surface area contributed by atoms with Gasteiger partial charge in [0.05, 0.1) is 31.2 Å². The Bertz CT molecular complexity index is 1480. The zero-order chi connectivity index (χ0) is 40.1. The highest BCUT2D eigenvalue weighted by Gasteiger charge is 2.64. The zero-order valence-corrected chi connectivity index (χ0v) is 34.0. The van der Waals surface area contributed by atoms with Crippen molar-refractivity contribution >= 4 is 47.2 Å². The number of ether oxygens (including phenoxy) is 5. The van der Waals surface area contributed by atoms with Gasteiger partial charge >= 0.3 is 12.1 Å². The number of alkyl carbamates (subject to hydrolysis) is 1. The number of rotatable bonds is 17. The minimum atomic E-state index is -1.83. The van der Waals surface area contributed by atoms with Crippen molar-refractivity contribution in [1.29, 1.82) is 0 Å². The lowest BCUT2D eigenvalue weighted by Gasteiger charge is -2.42. The molecular weight excluding hydrogens is 728 g/mol. The molecule has 0 saturated carbocycles. The van der Waals surface area contributed by atoms with E-state index in [1.54, 1.807) is 39.2 Å². The largest absolute Gasteiger partial charge is 0.495 e. The van der Waals surface area contributed by atoms with Gasteiger partial charge in [0.15, 0.2) is 5.72 Å². The minimum Gasteiger partial charge on any atom is -0.495 e. The van der Waals surface area contributed by atoms with E-state index in [1.165, 1.54) is 38.8 Å². The normalized spacial score (nSPS) is 24.7. The molecule has 5 N–H and O–H groups in total. The van der Waals surface area contributed by atoms with Crippen molar-refractivity contribution in [3.05, 3.63) is 52.6 Å². The summed E-state index contributed by atoms with van der Waals surface area (Å²) in [5, 5.41) is 17.2. The fourth-order valence-corrected chi connectivity index (χ4v) is 6.08. The molecule has 0 radical (unpaired) electrons. The number of halogens is 1. The second-order valence-corrected chi connectivity index (χ2v) is 14.8. The molecule has 3 amide bonds. The van der Waals surface area contributed by atoms with E-state index in [1.807, 2.05) is 36.9 Å². The van der Waals surface area contributed by atoms with Crippen LogP contribution in [-0.2, 0) is 39.8 Å². The molecule has 8 unspecified atom stereocenters. The number of carbonyl (C=O) groups is 4. The van der Waals surface area contributed by atoms with Crippen LogP contribution in [0.4, 0.5) is 4.79 Å². The molecule has 2 saturated heterocycles. The summed E-state index contributed by atoms with van der Waals surface area (Å²) < 4.78 is 28.3. The van der Waals surface area contributed by atoms with Gasteiger partial charge in [0, 0.05) is 33.5 Å². The maximum Gasteiger partial charge on any atom is 0.409 e. The summed E-state index contributed by atoms with van der Waals surface area (Å²) in [6.45, 7) is 8.78. The number of nitrogens with two attached hydrogens (primary N) is 1. The Morgan fingerprint density at radius 3 is 2.51 bits per heavy atom. The van der Waals surface area contributed by atoms with Crippen LogP contribution in [0.15, 0.2) is 42.0 Å². The van der Waals surface area contributed by atoms with Crippen LogP contribution in [0.2, 0.25) is 5.02 Å². The number of nitrogens with one attached hydrogen (secondary N) is 2. The third-order valence-electron chi connectivity index (χ3n) is 9.46. The Balaban J connectivity index is 0.00000231. The maximum atomic E-state index is 13.0. The fraction of sp³-hybridized carbons (Fsp3) is 0.622. The van der Waals surface area contributed by atoms with E-state index in [-0.39, 0.29) is 19.4 Å². The van der Waals surface area contributed by atoms with Crippen molar-refractivity contribution in [2.24, 2.45) is 11.7 Å². The number of allylic oxidation sites excluding steroid dienone is 3. The predicted octanol–water partition coefficient (Wildman–Crippen LogP) is 3.61. The van der Waals surface area contributed by atoms with Crippen LogP contribution in [-0.4, -0.2) is 123 Å². The molecule has 0 aromatic heterocycles. The van der Waals surface area contributed by atoms with Crippen LogP contribution in [0.3, 0.4) is 0 Å². The van der Waals surface area contributed by atoms with Gasteiger partial charge in [-0.15, -0.1) is 0 Å². The van der Waals surface area contributed by atoms with E-state index in [4.69, 9.17) is 41.0 Å². The number of esters is 1. The van der Waals surface area contributed by atoms with E-state index in [9.17, 15) is 24.3 Å². The number of hydrogen-bond acceptors (Lipinski definition) is 12. The molecule has 3 rings (SSSR count). The Kier molecular flexibility index (Phi) is 18.1. The minimum absolute atomic E-state index is 0.0606. The molecule has 298 valence electrons. The van der Waals surface area contributed by atoms with E-state index in [2.05, 4.69) is 23.8 Å². The van der Waals surface area contributed by atoms with Gasteiger partial charge in [-0.05, 0) is 56.9 Å². The summed E-state index contributed by atoms with van der Waals surface area (Å²) in [6, 6.07) is 4.58. The molecule has 0 aliphatic carbocycles. The van der Waals surface area contributed by atoms with Crippen LogP contribution < -0.4 is 21.1 Å². The van der Waals surface area contributed by atoms with E-state index in [0.717, 1.165) is 11.1 Å². The number of epoxide rings is 1. The number of likely N-dealkylation sites (N-methyl/N-ethyl adjacent to an activating group) is 1. The third kappa shape index (κ3) is 12.6. The number of methoxy groups -OCH3 is 2. The molecule has 2 fully saturated rings. The molecule has 0 bridgehead atoms. The number of aliphatic hydroxyl groups is 1. The van der Waals surface area contributed by atoms with Crippen molar-refractivity contribution in [1.82, 2.24) is 15.5 Å². The standard InChI is InChI=1S/C34H49ClN4O10.C3H8S/c1-19(14-22-12-13-23(35)24(15-22)45-7)10-9-11-26(46-8)34(44)17-25(47-32(43)38-34)20(2)30-33(4,49-30)27(16-28(40)37-5)48-31(42)21(3)39(6)29(41)18-36;1-3-4-2/h9-13,15,20-21,25-27,30,44H,14,16-18,36H2,1-8H3,(H,37,40)(H,38,43);3H2,1-2H3/b11-9+,19-10+;. The first-order valence-electron chi connectivity index (χ1n) is 17.4. The Hall–Kier alpha value is -3.34. The maximum absolute atomic E-state index is 13.0. The van der Waals surface area contributed by atoms with Gasteiger partial charge in [0.25, 0.3) is 0 Å². The summed E-state index contributed by atoms with van der Waals surface area (Å²) in [5.74, 6) is -0.276. The highest BCUT2D eigenvalue weighted by Crippen LogP contribution is 2.48. The van der Waals surface area contributed by atoms with Crippen molar-refractivity contribution in [3.63, 3.8) is 0 Å². The average Bonchev–Trinajstić information content (AvgIpc) is 3.83. The molecule has 14 nitrogen and oxygen atoms in total. The zero-order valence-electron chi connectivity index (χ0n) is 32.4. The monoisotopic (exact) mass is 784 g/mol. The molecule has 2 aliphatic heterocycles. The van der Waals surface area contributed by atoms with Gasteiger partial charge in [0.2, 0.25) is 11.8 Å². The van der Waals surface area contributed by atoms with Crippen molar-refractivity contribution in [2.45, 2.75) is 95.7 Å². The SMILES string of the molecule is CCSC.CNC(=O)CC(OC(=O)C(C)N(C)C(=O)CN)C1(C)OC1C(C)C1CC(O)(C(/C=C/C=C(\C)Cc2ccc(Cl)c(OC)c2)OC)NC(=O)O1. The summed E-state index contributed by atoms with van der Waals surface area (Å²) in [4.78, 5) is 51.4. The van der Waals surface area contributed by atoms with Gasteiger partial charge < -0.3 is 44.7 Å². The van der Waals surface area contributed by atoms with E-state index >= 15 is 0 Å². The summed E-state index contributed by atoms with van der Waals surface area (Å²) in [6.07, 6.45) is 3.42. The number of benzene rings is 1. The lowest BCUT2D eigenvalue weighted by molar-refractivity contribution is -0.161. The smallest absolute Gasteiger partial charge is 0.409 e. The van der Waals surface area contributed by atoms with Crippen molar-refractivity contribution in [3.8, 4) is 5.75 Å². The second kappa shape index (κ2) is 20.9. The first kappa shape index (κ1) is 45.8.